The Balaban J connectivity index is 1.61. The van der Waals surface area contributed by atoms with Crippen LogP contribution < -0.4 is 10.7 Å². The Hall–Kier alpha value is -2.96. The van der Waals surface area contributed by atoms with Crippen LogP contribution in [-0.2, 0) is 7.05 Å². The number of allylic oxidation sites excluding steroid dienone is 1. The van der Waals surface area contributed by atoms with E-state index < -0.39 is 0 Å². The lowest BCUT2D eigenvalue weighted by molar-refractivity contribution is 0.0447. The summed E-state index contributed by atoms with van der Waals surface area (Å²) in [7, 11) is 4.01. The highest BCUT2D eigenvalue weighted by molar-refractivity contribution is 6.30. The molecule has 30 heavy (non-hydrogen) atoms. The second-order valence-corrected chi connectivity index (χ2v) is 8.37. The number of hydrogen-bond acceptors (Lipinski definition) is 5. The number of aryl methyl sites for hydroxylation is 1. The summed E-state index contributed by atoms with van der Waals surface area (Å²) < 4.78 is 1.84. The van der Waals surface area contributed by atoms with E-state index in [1.54, 1.807) is 0 Å². The van der Waals surface area contributed by atoms with Crippen molar-refractivity contribution in [2.45, 2.75) is 19.4 Å². The molecule has 0 aliphatic carbocycles. The monoisotopic (exact) mass is 420 g/mol. The van der Waals surface area contributed by atoms with Crippen LogP contribution >= 0.6 is 11.6 Å². The molecular formula is C23H25ClN6. The molecule has 2 aliphatic rings. The van der Waals surface area contributed by atoms with Crippen LogP contribution in [-0.4, -0.2) is 33.5 Å². The molecule has 7 heteroatoms. The van der Waals surface area contributed by atoms with Crippen molar-refractivity contribution in [3.05, 3.63) is 76.7 Å². The van der Waals surface area contributed by atoms with E-state index >= 15 is 0 Å². The van der Waals surface area contributed by atoms with E-state index in [9.17, 15) is 0 Å². The summed E-state index contributed by atoms with van der Waals surface area (Å²) in [5, 5.41) is 13.2. The summed E-state index contributed by atoms with van der Waals surface area (Å²) in [6, 6.07) is 14.9. The number of hydrogen-bond donors (Lipinski definition) is 2. The van der Waals surface area contributed by atoms with E-state index in [1.165, 1.54) is 28.1 Å². The van der Waals surface area contributed by atoms with Crippen LogP contribution in [0.2, 0.25) is 5.02 Å². The predicted octanol–water partition coefficient (Wildman–Crippen LogP) is 4.65. The van der Waals surface area contributed by atoms with Crippen LogP contribution in [0.1, 0.15) is 30.5 Å². The minimum absolute atomic E-state index is 0.178. The summed E-state index contributed by atoms with van der Waals surface area (Å²) in [6.45, 7) is 3.05. The SMILES string of the molecule is CC1=C2c3ccc(-c4cnn(C)c4)cc3[C@H](Nc3ccc(Cl)cc3)CCN2N(C)N1. The smallest absolute Gasteiger partial charge is 0.0816 e. The van der Waals surface area contributed by atoms with Crippen molar-refractivity contribution < 1.29 is 0 Å². The molecular weight excluding hydrogens is 396 g/mol. The second kappa shape index (κ2) is 7.38. The highest BCUT2D eigenvalue weighted by Crippen LogP contribution is 2.40. The van der Waals surface area contributed by atoms with Crippen LogP contribution in [0, 0.1) is 0 Å². The molecule has 0 amide bonds. The fourth-order valence-electron chi connectivity index (χ4n) is 4.42. The fourth-order valence-corrected chi connectivity index (χ4v) is 4.55. The number of hydrazine groups is 2. The number of anilines is 1. The zero-order valence-electron chi connectivity index (χ0n) is 17.4. The van der Waals surface area contributed by atoms with E-state index in [-0.39, 0.29) is 6.04 Å². The number of halogens is 1. The first-order chi connectivity index (χ1) is 14.5. The van der Waals surface area contributed by atoms with Gasteiger partial charge in [-0.25, -0.2) is 0 Å². The highest BCUT2D eigenvalue weighted by atomic mass is 35.5. The van der Waals surface area contributed by atoms with Crippen molar-refractivity contribution in [3.8, 4) is 11.1 Å². The van der Waals surface area contributed by atoms with Gasteiger partial charge in [0.05, 0.1) is 23.6 Å². The first-order valence-corrected chi connectivity index (χ1v) is 10.5. The Morgan fingerprint density at radius 3 is 2.63 bits per heavy atom. The van der Waals surface area contributed by atoms with Gasteiger partial charge in [-0.15, -0.1) is 5.12 Å². The molecule has 3 aromatic rings. The molecule has 3 heterocycles. The largest absolute Gasteiger partial charge is 0.378 e. The topological polar surface area (TPSA) is 48.4 Å². The van der Waals surface area contributed by atoms with E-state index in [0.717, 1.165) is 29.2 Å². The van der Waals surface area contributed by atoms with Gasteiger partial charge in [0.15, 0.2) is 0 Å². The van der Waals surface area contributed by atoms with Crippen LogP contribution in [0.3, 0.4) is 0 Å². The van der Waals surface area contributed by atoms with Gasteiger partial charge in [0.2, 0.25) is 0 Å². The zero-order chi connectivity index (χ0) is 20.8. The minimum Gasteiger partial charge on any atom is -0.378 e. The maximum absolute atomic E-state index is 6.09. The molecule has 0 saturated heterocycles. The molecule has 1 atom stereocenters. The van der Waals surface area contributed by atoms with Gasteiger partial charge in [0, 0.05) is 48.7 Å². The number of nitrogens with one attached hydrogen (secondary N) is 2. The highest BCUT2D eigenvalue weighted by Gasteiger charge is 2.33. The summed E-state index contributed by atoms with van der Waals surface area (Å²) in [5.41, 5.74) is 11.8. The molecule has 0 radical (unpaired) electrons. The van der Waals surface area contributed by atoms with Crippen molar-refractivity contribution in [1.29, 1.82) is 0 Å². The third kappa shape index (κ3) is 3.32. The van der Waals surface area contributed by atoms with Crippen LogP contribution in [0.25, 0.3) is 16.8 Å². The van der Waals surface area contributed by atoms with E-state index in [0.29, 0.717) is 0 Å². The van der Waals surface area contributed by atoms with Crippen molar-refractivity contribution in [2.24, 2.45) is 7.05 Å². The van der Waals surface area contributed by atoms with Crippen LogP contribution in [0.4, 0.5) is 5.69 Å². The standard InChI is InChI=1S/C23H25ClN6/c1-15-23-20-9-4-16(17-13-25-28(2)14-17)12-21(20)22(10-11-30(23)29(3)27-15)26-19-7-5-18(24)6-8-19/h4-9,12-14,22,26-27H,10-11H2,1-3H3/t22-/m1/s1. The summed E-state index contributed by atoms with van der Waals surface area (Å²) in [6.07, 6.45) is 4.94. The Kier molecular flexibility index (Phi) is 4.68. The Bertz CT molecular complexity index is 1120. The average molecular weight is 421 g/mol. The molecule has 5 rings (SSSR count). The first-order valence-electron chi connectivity index (χ1n) is 10.1. The molecule has 2 aliphatic heterocycles. The molecule has 1 aromatic heterocycles. The Labute approximate surface area is 181 Å². The quantitative estimate of drug-likeness (QED) is 0.645. The molecule has 0 fully saturated rings. The van der Waals surface area contributed by atoms with Gasteiger partial charge in [-0.1, -0.05) is 23.7 Å². The molecule has 2 N–H and O–H groups in total. The first kappa shape index (κ1) is 19.0. The maximum atomic E-state index is 6.09. The maximum Gasteiger partial charge on any atom is 0.0816 e. The molecule has 0 saturated carbocycles. The van der Waals surface area contributed by atoms with Crippen molar-refractivity contribution >= 4 is 23.0 Å². The lowest BCUT2D eigenvalue weighted by atomic mass is 9.93. The fraction of sp³-hybridized carbons (Fsp3) is 0.261. The van der Waals surface area contributed by atoms with Gasteiger partial charge in [-0.05, 0) is 54.8 Å². The number of fused-ring (bicyclic) bond motifs is 3. The van der Waals surface area contributed by atoms with Gasteiger partial charge in [-0.2, -0.15) is 5.10 Å². The predicted molar refractivity (Wildman–Crippen MR) is 121 cm³/mol. The number of aromatic nitrogens is 2. The molecule has 0 spiro atoms. The van der Waals surface area contributed by atoms with Gasteiger partial charge < -0.3 is 10.7 Å². The number of nitrogens with zero attached hydrogens (tertiary/aromatic N) is 4. The van der Waals surface area contributed by atoms with Crippen molar-refractivity contribution in [2.75, 3.05) is 18.9 Å². The van der Waals surface area contributed by atoms with Crippen LogP contribution in [0.15, 0.2) is 60.6 Å². The lowest BCUT2D eigenvalue weighted by Gasteiger charge is -2.27. The van der Waals surface area contributed by atoms with Gasteiger partial charge in [0.25, 0.3) is 0 Å². The Morgan fingerprint density at radius 1 is 1.10 bits per heavy atom. The van der Waals surface area contributed by atoms with E-state index in [4.69, 9.17) is 11.6 Å². The van der Waals surface area contributed by atoms with Crippen molar-refractivity contribution in [1.82, 2.24) is 25.3 Å². The molecule has 6 nitrogen and oxygen atoms in total. The lowest BCUT2D eigenvalue weighted by Crippen LogP contribution is -2.40. The van der Waals surface area contributed by atoms with Crippen molar-refractivity contribution in [3.63, 3.8) is 0 Å². The van der Waals surface area contributed by atoms with Gasteiger partial charge >= 0.3 is 0 Å². The normalized spacial score (nSPS) is 18.7. The molecule has 0 unspecified atom stereocenters. The van der Waals surface area contributed by atoms with Gasteiger partial charge in [0.1, 0.15) is 0 Å². The molecule has 154 valence electrons. The van der Waals surface area contributed by atoms with Gasteiger partial charge in [-0.3, -0.25) is 9.69 Å². The third-order valence-corrected chi connectivity index (χ3v) is 6.09. The third-order valence-electron chi connectivity index (χ3n) is 5.84. The van der Waals surface area contributed by atoms with Crippen LogP contribution in [0.5, 0.6) is 0 Å². The summed E-state index contributed by atoms with van der Waals surface area (Å²) in [5.74, 6) is 0. The van der Waals surface area contributed by atoms with E-state index in [2.05, 4.69) is 64.3 Å². The average Bonchev–Trinajstić information content (AvgIpc) is 3.23. The zero-order valence-corrected chi connectivity index (χ0v) is 18.1. The number of rotatable bonds is 3. The minimum atomic E-state index is 0.178. The number of benzene rings is 2. The summed E-state index contributed by atoms with van der Waals surface area (Å²) >= 11 is 6.09. The molecule has 0 bridgehead atoms. The summed E-state index contributed by atoms with van der Waals surface area (Å²) in [4.78, 5) is 0. The Morgan fingerprint density at radius 2 is 1.90 bits per heavy atom. The van der Waals surface area contributed by atoms with E-state index in [1.807, 2.05) is 42.2 Å². The molecule has 2 aromatic carbocycles. The second-order valence-electron chi connectivity index (χ2n) is 7.93.